The zero-order valence-electron chi connectivity index (χ0n) is 14.5. The quantitative estimate of drug-likeness (QED) is 0.809. The predicted molar refractivity (Wildman–Crippen MR) is 101 cm³/mol. The van der Waals surface area contributed by atoms with E-state index in [1.165, 1.54) is 23.1 Å². The molecular formula is C21H25ClN2. The van der Waals surface area contributed by atoms with Crippen LogP contribution in [0.25, 0.3) is 0 Å². The van der Waals surface area contributed by atoms with E-state index in [9.17, 15) is 0 Å². The molecule has 0 saturated carbocycles. The lowest BCUT2D eigenvalue weighted by Gasteiger charge is -2.54. The molecule has 1 fully saturated rings. The summed E-state index contributed by atoms with van der Waals surface area (Å²) in [6.45, 7) is 2.29. The van der Waals surface area contributed by atoms with Gasteiger partial charge in [0.1, 0.15) is 0 Å². The molecule has 126 valence electrons. The van der Waals surface area contributed by atoms with E-state index in [4.69, 9.17) is 11.6 Å². The maximum Gasteiger partial charge on any atom is 0.0733 e. The molecule has 1 saturated heterocycles. The second-order valence-corrected chi connectivity index (χ2v) is 7.81. The van der Waals surface area contributed by atoms with Gasteiger partial charge in [0.25, 0.3) is 0 Å². The van der Waals surface area contributed by atoms with Gasteiger partial charge in [0.05, 0.1) is 5.54 Å². The third-order valence-corrected chi connectivity index (χ3v) is 6.22. The first-order valence-corrected chi connectivity index (χ1v) is 9.25. The molecule has 0 aliphatic carbocycles. The Bertz CT molecular complexity index is 725. The van der Waals surface area contributed by atoms with Gasteiger partial charge in [-0.1, -0.05) is 48.0 Å². The van der Waals surface area contributed by atoms with Crippen molar-refractivity contribution in [1.82, 2.24) is 9.80 Å². The van der Waals surface area contributed by atoms with Crippen LogP contribution in [-0.2, 0) is 12.0 Å². The Morgan fingerprint density at radius 3 is 2.54 bits per heavy atom. The van der Waals surface area contributed by atoms with Gasteiger partial charge in [0.2, 0.25) is 0 Å². The second kappa shape index (κ2) is 6.18. The topological polar surface area (TPSA) is 6.48 Å². The number of fused-ring (bicyclic) bond motifs is 3. The van der Waals surface area contributed by atoms with E-state index in [-0.39, 0.29) is 5.54 Å². The minimum Gasteiger partial charge on any atom is -0.306 e. The summed E-state index contributed by atoms with van der Waals surface area (Å²) >= 11 is 6.18. The number of piperidine rings is 1. The number of rotatable bonds is 2. The van der Waals surface area contributed by atoms with Crippen LogP contribution in [-0.4, -0.2) is 43.0 Å². The highest BCUT2D eigenvalue weighted by Crippen LogP contribution is 2.47. The third kappa shape index (κ3) is 2.48. The molecular weight excluding hydrogens is 316 g/mol. The van der Waals surface area contributed by atoms with E-state index in [0.29, 0.717) is 6.04 Å². The van der Waals surface area contributed by atoms with Crippen molar-refractivity contribution in [3.63, 3.8) is 0 Å². The van der Waals surface area contributed by atoms with Gasteiger partial charge in [-0.2, -0.15) is 0 Å². The number of halogens is 1. The highest BCUT2D eigenvalue weighted by Gasteiger charge is 2.48. The fraction of sp³-hybridized carbons (Fsp3) is 0.429. The summed E-state index contributed by atoms with van der Waals surface area (Å²) in [5.74, 6) is 0. The molecule has 24 heavy (non-hydrogen) atoms. The lowest BCUT2D eigenvalue weighted by atomic mass is 9.69. The summed E-state index contributed by atoms with van der Waals surface area (Å²) in [6.07, 6.45) is 3.53. The van der Waals surface area contributed by atoms with Crippen LogP contribution in [0.1, 0.15) is 29.5 Å². The van der Waals surface area contributed by atoms with E-state index >= 15 is 0 Å². The molecule has 0 radical (unpaired) electrons. The van der Waals surface area contributed by atoms with E-state index < -0.39 is 0 Å². The predicted octanol–water partition coefficient (Wildman–Crippen LogP) is 4.17. The molecule has 0 spiro atoms. The van der Waals surface area contributed by atoms with Gasteiger partial charge < -0.3 is 4.90 Å². The second-order valence-electron chi connectivity index (χ2n) is 7.37. The van der Waals surface area contributed by atoms with Gasteiger partial charge in [-0.25, -0.2) is 0 Å². The van der Waals surface area contributed by atoms with Crippen molar-refractivity contribution in [1.29, 1.82) is 0 Å². The molecule has 2 aromatic rings. The molecule has 0 bridgehead atoms. The number of hydrogen-bond donors (Lipinski definition) is 0. The van der Waals surface area contributed by atoms with Crippen molar-refractivity contribution in [2.24, 2.45) is 0 Å². The Morgan fingerprint density at radius 2 is 1.79 bits per heavy atom. The summed E-state index contributed by atoms with van der Waals surface area (Å²) in [6, 6.07) is 18.2. The summed E-state index contributed by atoms with van der Waals surface area (Å²) < 4.78 is 0. The lowest BCUT2D eigenvalue weighted by Crippen LogP contribution is -2.58. The van der Waals surface area contributed by atoms with Crippen molar-refractivity contribution < 1.29 is 0 Å². The molecule has 0 N–H and O–H groups in total. The largest absolute Gasteiger partial charge is 0.306 e. The molecule has 2 nitrogen and oxygen atoms in total. The monoisotopic (exact) mass is 340 g/mol. The molecule has 2 aromatic carbocycles. The number of nitrogens with zero attached hydrogens (tertiary/aromatic N) is 2. The smallest absolute Gasteiger partial charge is 0.0733 e. The first kappa shape index (κ1) is 16.1. The van der Waals surface area contributed by atoms with Crippen LogP contribution in [0.4, 0.5) is 0 Å². The summed E-state index contributed by atoms with van der Waals surface area (Å²) in [5.41, 5.74) is 4.35. The molecule has 2 unspecified atom stereocenters. The lowest BCUT2D eigenvalue weighted by molar-refractivity contribution is 0.0245. The average molecular weight is 341 g/mol. The zero-order valence-corrected chi connectivity index (χ0v) is 15.3. The Kier molecular flexibility index (Phi) is 4.16. The van der Waals surface area contributed by atoms with E-state index in [0.717, 1.165) is 31.0 Å². The standard InChI is InChI=1S/C21H25ClN2/c1-23(2)19-12-14-24-13-11-16-5-3-4-6-20(16)21(24,15-19)17-7-9-18(22)10-8-17/h3-10,19H,11-15H2,1-2H3. The van der Waals surface area contributed by atoms with Gasteiger partial charge in [-0.15, -0.1) is 0 Å². The van der Waals surface area contributed by atoms with E-state index in [1.54, 1.807) is 0 Å². The van der Waals surface area contributed by atoms with Crippen LogP contribution in [0.2, 0.25) is 5.02 Å². The molecule has 4 rings (SSSR count). The first-order chi connectivity index (χ1) is 11.6. The van der Waals surface area contributed by atoms with Gasteiger partial charge in [0, 0.05) is 24.2 Å². The Balaban J connectivity index is 1.91. The third-order valence-electron chi connectivity index (χ3n) is 5.97. The van der Waals surface area contributed by atoms with Crippen LogP contribution in [0.15, 0.2) is 48.5 Å². The summed E-state index contributed by atoms with van der Waals surface area (Å²) in [4.78, 5) is 5.10. The maximum atomic E-state index is 6.18. The molecule has 2 heterocycles. The highest BCUT2D eigenvalue weighted by molar-refractivity contribution is 6.30. The van der Waals surface area contributed by atoms with Gasteiger partial charge in [0.15, 0.2) is 0 Å². The first-order valence-electron chi connectivity index (χ1n) is 8.87. The number of benzene rings is 2. The van der Waals surface area contributed by atoms with E-state index in [2.05, 4.69) is 60.3 Å². The molecule has 0 aromatic heterocycles. The Morgan fingerprint density at radius 1 is 1.04 bits per heavy atom. The van der Waals surface area contributed by atoms with Crippen molar-refractivity contribution in [2.75, 3.05) is 27.2 Å². The highest BCUT2D eigenvalue weighted by atomic mass is 35.5. The van der Waals surface area contributed by atoms with Gasteiger partial charge in [-0.3, -0.25) is 4.90 Å². The van der Waals surface area contributed by atoms with Crippen LogP contribution >= 0.6 is 11.6 Å². The molecule has 3 heteroatoms. The van der Waals surface area contributed by atoms with Crippen LogP contribution in [0.5, 0.6) is 0 Å². The summed E-state index contributed by atoms with van der Waals surface area (Å²) in [7, 11) is 4.43. The fourth-order valence-electron chi connectivity index (χ4n) is 4.67. The number of hydrogen-bond acceptors (Lipinski definition) is 2. The zero-order chi connectivity index (χ0) is 16.7. The van der Waals surface area contributed by atoms with Crippen LogP contribution in [0, 0.1) is 0 Å². The van der Waals surface area contributed by atoms with E-state index in [1.807, 2.05) is 12.1 Å². The van der Waals surface area contributed by atoms with Crippen molar-refractivity contribution in [3.05, 3.63) is 70.2 Å². The maximum absolute atomic E-state index is 6.18. The molecule has 2 aliphatic rings. The molecule has 2 aliphatic heterocycles. The van der Waals surface area contributed by atoms with Crippen molar-refractivity contribution >= 4 is 11.6 Å². The van der Waals surface area contributed by atoms with Gasteiger partial charge >= 0.3 is 0 Å². The minimum atomic E-state index is -0.0212. The van der Waals surface area contributed by atoms with Crippen molar-refractivity contribution in [2.45, 2.75) is 30.8 Å². The van der Waals surface area contributed by atoms with Crippen molar-refractivity contribution in [3.8, 4) is 0 Å². The average Bonchev–Trinajstić information content (AvgIpc) is 2.61. The normalized spacial score (nSPS) is 26.9. The Hall–Kier alpha value is -1.35. The minimum absolute atomic E-state index is 0.0212. The summed E-state index contributed by atoms with van der Waals surface area (Å²) in [5, 5.41) is 0.811. The van der Waals surface area contributed by atoms with Crippen LogP contribution < -0.4 is 0 Å². The fourth-order valence-corrected chi connectivity index (χ4v) is 4.80. The molecule has 2 atom stereocenters. The van der Waals surface area contributed by atoms with Gasteiger partial charge in [-0.05, 0) is 62.2 Å². The SMILES string of the molecule is CN(C)C1CCN2CCc3ccccc3C2(c2ccc(Cl)cc2)C1. The Labute approximate surface area is 150 Å². The van der Waals surface area contributed by atoms with Crippen LogP contribution in [0.3, 0.4) is 0 Å². The molecule has 0 amide bonds.